The molecular formula is C13H17N5O2. The number of rotatable bonds is 6. The maximum absolute atomic E-state index is 11.8. The summed E-state index contributed by atoms with van der Waals surface area (Å²) in [6.45, 7) is 4.53. The number of hydrogen-bond acceptors (Lipinski definition) is 6. The number of unbranched alkanes of at least 4 members (excludes halogenated alkanes) is 1. The number of aromatic nitrogens is 3. The zero-order chi connectivity index (χ0) is 14.4. The Hall–Kier alpha value is -2.44. The molecule has 0 radical (unpaired) electrons. The Labute approximate surface area is 116 Å². The zero-order valence-electron chi connectivity index (χ0n) is 11.5. The summed E-state index contributed by atoms with van der Waals surface area (Å²) in [5, 5.41) is 9.46. The minimum absolute atomic E-state index is 0.165. The van der Waals surface area contributed by atoms with E-state index < -0.39 is 0 Å². The molecule has 7 heteroatoms. The average molecular weight is 275 g/mol. The van der Waals surface area contributed by atoms with Crippen LogP contribution in [0.4, 0.5) is 11.8 Å². The highest BCUT2D eigenvalue weighted by atomic mass is 16.5. The third kappa shape index (κ3) is 3.78. The van der Waals surface area contributed by atoms with E-state index in [0.29, 0.717) is 29.6 Å². The van der Waals surface area contributed by atoms with Gasteiger partial charge in [0, 0.05) is 25.0 Å². The van der Waals surface area contributed by atoms with Crippen molar-refractivity contribution in [1.82, 2.24) is 20.4 Å². The lowest BCUT2D eigenvalue weighted by Gasteiger charge is -2.04. The van der Waals surface area contributed by atoms with Crippen molar-refractivity contribution in [3.05, 3.63) is 29.8 Å². The van der Waals surface area contributed by atoms with Gasteiger partial charge < -0.3 is 15.2 Å². The van der Waals surface area contributed by atoms with E-state index in [-0.39, 0.29) is 5.91 Å². The highest BCUT2D eigenvalue weighted by molar-refractivity contribution is 5.93. The molecule has 2 heterocycles. The highest BCUT2D eigenvalue weighted by Crippen LogP contribution is 2.12. The van der Waals surface area contributed by atoms with Gasteiger partial charge in [-0.05, 0) is 13.3 Å². The molecule has 2 rings (SSSR count). The van der Waals surface area contributed by atoms with E-state index in [9.17, 15) is 4.79 Å². The summed E-state index contributed by atoms with van der Waals surface area (Å²) in [5.74, 6) is 1.42. The lowest BCUT2D eigenvalue weighted by Crippen LogP contribution is -2.24. The van der Waals surface area contributed by atoms with Crippen LogP contribution in [0.1, 0.15) is 35.9 Å². The number of carbonyl (C=O) groups is 1. The monoisotopic (exact) mass is 275 g/mol. The van der Waals surface area contributed by atoms with Gasteiger partial charge in [0.15, 0.2) is 5.82 Å². The molecule has 1 amide bonds. The molecule has 0 aliphatic heterocycles. The van der Waals surface area contributed by atoms with E-state index in [4.69, 9.17) is 4.52 Å². The third-order valence-corrected chi connectivity index (χ3v) is 2.60. The molecule has 2 N–H and O–H groups in total. The van der Waals surface area contributed by atoms with Crippen molar-refractivity contribution >= 4 is 17.7 Å². The Kier molecular flexibility index (Phi) is 4.65. The van der Waals surface area contributed by atoms with E-state index in [2.05, 4.69) is 32.7 Å². The molecular weight excluding hydrogens is 258 g/mol. The molecule has 0 spiro atoms. The van der Waals surface area contributed by atoms with Crippen LogP contribution in [-0.4, -0.2) is 27.6 Å². The van der Waals surface area contributed by atoms with Gasteiger partial charge in [0.2, 0.25) is 5.95 Å². The second kappa shape index (κ2) is 6.65. The second-order valence-electron chi connectivity index (χ2n) is 4.35. The van der Waals surface area contributed by atoms with Gasteiger partial charge in [-0.15, -0.1) is 0 Å². The summed E-state index contributed by atoms with van der Waals surface area (Å²) in [5.41, 5.74) is 0.433. The second-order valence-corrected chi connectivity index (χ2v) is 4.35. The molecule has 0 unspecified atom stereocenters. The number of amides is 1. The Morgan fingerprint density at radius 3 is 2.70 bits per heavy atom. The van der Waals surface area contributed by atoms with Crippen molar-refractivity contribution in [2.45, 2.75) is 26.7 Å². The quantitative estimate of drug-likeness (QED) is 0.784. The maximum atomic E-state index is 11.8. The van der Waals surface area contributed by atoms with Gasteiger partial charge in [0.1, 0.15) is 5.76 Å². The van der Waals surface area contributed by atoms with Crippen molar-refractivity contribution in [3.8, 4) is 0 Å². The molecule has 0 saturated carbocycles. The van der Waals surface area contributed by atoms with E-state index in [0.717, 1.165) is 12.8 Å². The maximum Gasteiger partial charge on any atom is 0.254 e. The van der Waals surface area contributed by atoms with Crippen molar-refractivity contribution in [3.63, 3.8) is 0 Å². The molecule has 0 bridgehead atoms. The summed E-state index contributed by atoms with van der Waals surface area (Å²) in [7, 11) is 0. The number of aryl methyl sites for hydroxylation is 1. The largest absolute Gasteiger partial charge is 0.360 e. The Balaban J connectivity index is 1.94. The predicted octanol–water partition coefficient (Wildman–Crippen LogP) is 2.05. The third-order valence-electron chi connectivity index (χ3n) is 2.60. The lowest BCUT2D eigenvalue weighted by molar-refractivity contribution is 0.0952. The molecule has 7 nitrogen and oxygen atoms in total. The zero-order valence-corrected chi connectivity index (χ0v) is 11.5. The van der Waals surface area contributed by atoms with Crippen molar-refractivity contribution in [1.29, 1.82) is 0 Å². The molecule has 2 aromatic rings. The van der Waals surface area contributed by atoms with Gasteiger partial charge >= 0.3 is 0 Å². The SMILES string of the molecule is CCCCNC(=O)c1cnc(Nc2cc(C)on2)nc1. The topological polar surface area (TPSA) is 92.9 Å². The molecule has 0 aliphatic carbocycles. The number of carbonyl (C=O) groups excluding carboxylic acids is 1. The molecule has 0 atom stereocenters. The van der Waals surface area contributed by atoms with Crippen LogP contribution in [0.25, 0.3) is 0 Å². The van der Waals surface area contributed by atoms with Gasteiger partial charge in [-0.3, -0.25) is 4.79 Å². The van der Waals surface area contributed by atoms with Crippen LogP contribution in [0, 0.1) is 6.92 Å². The fourth-order valence-corrected chi connectivity index (χ4v) is 1.53. The van der Waals surface area contributed by atoms with Gasteiger partial charge in [0.25, 0.3) is 5.91 Å². The van der Waals surface area contributed by atoms with E-state index in [1.54, 1.807) is 13.0 Å². The van der Waals surface area contributed by atoms with Crippen molar-refractivity contribution in [2.75, 3.05) is 11.9 Å². The van der Waals surface area contributed by atoms with Crippen molar-refractivity contribution in [2.24, 2.45) is 0 Å². The van der Waals surface area contributed by atoms with E-state index in [1.807, 2.05) is 0 Å². The minimum Gasteiger partial charge on any atom is -0.360 e. The summed E-state index contributed by atoms with van der Waals surface area (Å²) in [6.07, 6.45) is 4.95. The highest BCUT2D eigenvalue weighted by Gasteiger charge is 2.07. The summed E-state index contributed by atoms with van der Waals surface area (Å²) >= 11 is 0. The lowest BCUT2D eigenvalue weighted by atomic mass is 10.3. The number of hydrogen-bond donors (Lipinski definition) is 2. The van der Waals surface area contributed by atoms with E-state index >= 15 is 0 Å². The Morgan fingerprint density at radius 2 is 2.10 bits per heavy atom. The molecule has 0 aliphatic rings. The predicted molar refractivity (Wildman–Crippen MR) is 73.8 cm³/mol. The molecule has 2 aromatic heterocycles. The fraction of sp³-hybridized carbons (Fsp3) is 0.385. The summed E-state index contributed by atoms with van der Waals surface area (Å²) < 4.78 is 4.92. The normalized spacial score (nSPS) is 10.3. The Morgan fingerprint density at radius 1 is 1.35 bits per heavy atom. The van der Waals surface area contributed by atoms with Crippen LogP contribution >= 0.6 is 0 Å². The van der Waals surface area contributed by atoms with Gasteiger partial charge in [-0.2, -0.15) is 0 Å². The fourth-order valence-electron chi connectivity index (χ4n) is 1.53. The van der Waals surface area contributed by atoms with Crippen LogP contribution in [0.3, 0.4) is 0 Å². The first-order valence-corrected chi connectivity index (χ1v) is 6.49. The van der Waals surface area contributed by atoms with Gasteiger partial charge in [-0.25, -0.2) is 9.97 Å². The smallest absolute Gasteiger partial charge is 0.254 e. The summed E-state index contributed by atoms with van der Waals surface area (Å²) in [4.78, 5) is 19.9. The minimum atomic E-state index is -0.165. The summed E-state index contributed by atoms with van der Waals surface area (Å²) in [6, 6.07) is 1.73. The first kappa shape index (κ1) is 14.0. The van der Waals surface area contributed by atoms with Crippen molar-refractivity contribution < 1.29 is 9.32 Å². The first-order chi connectivity index (χ1) is 9.69. The van der Waals surface area contributed by atoms with Gasteiger partial charge in [0.05, 0.1) is 5.56 Å². The molecule has 20 heavy (non-hydrogen) atoms. The Bertz CT molecular complexity index is 564. The van der Waals surface area contributed by atoms with E-state index in [1.165, 1.54) is 12.4 Å². The molecule has 0 aromatic carbocycles. The first-order valence-electron chi connectivity index (χ1n) is 6.49. The van der Waals surface area contributed by atoms with Crippen LogP contribution in [-0.2, 0) is 0 Å². The molecule has 0 fully saturated rings. The number of nitrogens with one attached hydrogen (secondary N) is 2. The van der Waals surface area contributed by atoms with Crippen LogP contribution < -0.4 is 10.6 Å². The molecule has 106 valence electrons. The number of anilines is 2. The van der Waals surface area contributed by atoms with Crippen LogP contribution in [0.5, 0.6) is 0 Å². The van der Waals surface area contributed by atoms with Crippen LogP contribution in [0.2, 0.25) is 0 Å². The van der Waals surface area contributed by atoms with Crippen LogP contribution in [0.15, 0.2) is 23.0 Å². The standard InChI is InChI=1S/C13H17N5O2/c1-3-4-5-14-12(19)10-7-15-13(16-8-10)17-11-6-9(2)20-18-11/h6-8H,3-5H2,1-2H3,(H,14,19)(H,15,16,17,18). The molecule has 0 saturated heterocycles. The average Bonchev–Trinajstić information content (AvgIpc) is 2.85. The van der Waals surface area contributed by atoms with Gasteiger partial charge in [-0.1, -0.05) is 18.5 Å². The number of nitrogens with zero attached hydrogens (tertiary/aromatic N) is 3.